The van der Waals surface area contributed by atoms with Crippen LogP contribution in [0, 0.1) is 0 Å². The van der Waals surface area contributed by atoms with Crippen molar-refractivity contribution in [2.45, 2.75) is 26.1 Å². The van der Waals surface area contributed by atoms with Gasteiger partial charge < -0.3 is 14.2 Å². The highest BCUT2D eigenvalue weighted by Crippen LogP contribution is 2.52. The van der Waals surface area contributed by atoms with E-state index < -0.39 is 13.4 Å². The van der Waals surface area contributed by atoms with E-state index in [1.54, 1.807) is 13.8 Å². The fourth-order valence-electron chi connectivity index (χ4n) is 1.51. The van der Waals surface area contributed by atoms with Gasteiger partial charge in [-0.1, -0.05) is 30.3 Å². The van der Waals surface area contributed by atoms with Crippen molar-refractivity contribution < 1.29 is 18.7 Å². The maximum Gasteiger partial charge on any atom is 0.359 e. The molecule has 1 atom stereocenters. The molecule has 0 amide bonds. The Balaban J connectivity index is 2.72. The van der Waals surface area contributed by atoms with Crippen LogP contribution in [0.1, 0.15) is 19.4 Å². The molecule has 0 bridgehead atoms. The SMILES string of the molecule is CCOP(=O)(OCC)C(O)Cc1ccccc1. The summed E-state index contributed by atoms with van der Waals surface area (Å²) in [4.78, 5) is 0. The van der Waals surface area contributed by atoms with Crippen LogP contribution in [0.3, 0.4) is 0 Å². The van der Waals surface area contributed by atoms with Gasteiger partial charge in [-0.05, 0) is 19.4 Å². The summed E-state index contributed by atoms with van der Waals surface area (Å²) in [5.74, 6) is -1.12. The van der Waals surface area contributed by atoms with E-state index in [-0.39, 0.29) is 19.6 Å². The van der Waals surface area contributed by atoms with Crippen molar-refractivity contribution >= 4 is 7.60 Å². The molecule has 4 nitrogen and oxygen atoms in total. The molecule has 1 aromatic carbocycles. The third-order valence-corrected chi connectivity index (χ3v) is 4.39. The fourth-order valence-corrected chi connectivity index (χ4v) is 3.08. The molecule has 0 spiro atoms. The minimum atomic E-state index is -3.42. The topological polar surface area (TPSA) is 55.8 Å². The molecule has 1 unspecified atom stereocenters. The molecule has 5 heteroatoms. The first-order chi connectivity index (χ1) is 8.12. The molecule has 0 aromatic heterocycles. The molecule has 0 aliphatic rings. The summed E-state index contributed by atoms with van der Waals surface area (Å²) in [5.41, 5.74) is 0.902. The minimum absolute atomic E-state index is 0.253. The maximum atomic E-state index is 12.2. The largest absolute Gasteiger partial charge is 0.380 e. The van der Waals surface area contributed by atoms with Crippen molar-refractivity contribution in [3.63, 3.8) is 0 Å². The van der Waals surface area contributed by atoms with Gasteiger partial charge in [-0.25, -0.2) is 0 Å². The monoisotopic (exact) mass is 258 g/mol. The van der Waals surface area contributed by atoms with E-state index in [2.05, 4.69) is 0 Å². The van der Waals surface area contributed by atoms with Gasteiger partial charge >= 0.3 is 7.60 Å². The van der Waals surface area contributed by atoms with Crippen molar-refractivity contribution in [1.82, 2.24) is 0 Å². The van der Waals surface area contributed by atoms with Crippen LogP contribution in [0.15, 0.2) is 30.3 Å². The summed E-state index contributed by atoms with van der Waals surface area (Å²) in [6.07, 6.45) is 0.262. The highest BCUT2D eigenvalue weighted by molar-refractivity contribution is 7.54. The summed E-state index contributed by atoms with van der Waals surface area (Å²) in [5, 5.41) is 9.97. The first-order valence-electron chi connectivity index (χ1n) is 5.73. The van der Waals surface area contributed by atoms with E-state index in [0.29, 0.717) is 0 Å². The lowest BCUT2D eigenvalue weighted by Gasteiger charge is -2.22. The Morgan fingerprint density at radius 1 is 1.18 bits per heavy atom. The number of hydrogen-bond donors (Lipinski definition) is 1. The van der Waals surface area contributed by atoms with Gasteiger partial charge in [0, 0.05) is 6.42 Å². The van der Waals surface area contributed by atoms with Gasteiger partial charge in [0.25, 0.3) is 0 Å². The fraction of sp³-hybridized carbons (Fsp3) is 0.500. The second-order valence-corrected chi connectivity index (χ2v) is 5.74. The van der Waals surface area contributed by atoms with Gasteiger partial charge in [0.1, 0.15) is 0 Å². The van der Waals surface area contributed by atoms with E-state index in [4.69, 9.17) is 9.05 Å². The summed E-state index contributed by atoms with van der Waals surface area (Å²) in [7, 11) is -3.42. The van der Waals surface area contributed by atoms with Crippen molar-refractivity contribution in [2.24, 2.45) is 0 Å². The Morgan fingerprint density at radius 2 is 1.71 bits per heavy atom. The van der Waals surface area contributed by atoms with Gasteiger partial charge in [0.2, 0.25) is 0 Å². The summed E-state index contributed by atoms with van der Waals surface area (Å²) in [6, 6.07) is 9.36. The van der Waals surface area contributed by atoms with E-state index >= 15 is 0 Å². The average Bonchev–Trinajstić information content (AvgIpc) is 2.31. The molecule has 96 valence electrons. The second kappa shape index (κ2) is 6.92. The van der Waals surface area contributed by atoms with Gasteiger partial charge in [-0.3, -0.25) is 4.57 Å². The smallest absolute Gasteiger partial charge is 0.359 e. The van der Waals surface area contributed by atoms with Crippen LogP contribution >= 0.6 is 7.60 Å². The van der Waals surface area contributed by atoms with Crippen molar-refractivity contribution in [3.05, 3.63) is 35.9 Å². The molecule has 1 rings (SSSR count). The first-order valence-corrected chi connectivity index (χ1v) is 7.34. The van der Waals surface area contributed by atoms with Crippen LogP contribution in [0.5, 0.6) is 0 Å². The summed E-state index contributed by atoms with van der Waals surface area (Å²) in [6.45, 7) is 3.95. The zero-order valence-electron chi connectivity index (χ0n) is 10.2. The zero-order chi connectivity index (χ0) is 12.7. The summed E-state index contributed by atoms with van der Waals surface area (Å²) >= 11 is 0. The van der Waals surface area contributed by atoms with Gasteiger partial charge in [-0.15, -0.1) is 0 Å². The van der Waals surface area contributed by atoms with Crippen LogP contribution in [-0.4, -0.2) is 24.2 Å². The number of aliphatic hydroxyl groups excluding tert-OH is 1. The van der Waals surface area contributed by atoms with Crippen LogP contribution in [-0.2, 0) is 20.0 Å². The minimum Gasteiger partial charge on any atom is -0.380 e. The Kier molecular flexibility index (Phi) is 5.86. The normalized spacial score (nSPS) is 13.6. The Labute approximate surface area is 102 Å². The standard InChI is InChI=1S/C12H19O4P/c1-3-15-17(14,16-4-2)12(13)10-11-8-6-5-7-9-11/h5-9,12-13H,3-4,10H2,1-2H3. The van der Waals surface area contributed by atoms with Crippen molar-refractivity contribution in [1.29, 1.82) is 0 Å². The first kappa shape index (κ1) is 14.4. The highest BCUT2D eigenvalue weighted by atomic mass is 31.2. The van der Waals surface area contributed by atoms with Crippen molar-refractivity contribution in [3.8, 4) is 0 Å². The van der Waals surface area contributed by atoms with Crippen LogP contribution in [0.4, 0.5) is 0 Å². The quantitative estimate of drug-likeness (QED) is 0.764. The molecule has 0 saturated heterocycles. The third-order valence-electron chi connectivity index (χ3n) is 2.24. The molecule has 0 fully saturated rings. The predicted molar refractivity (Wildman–Crippen MR) is 67.0 cm³/mol. The van der Waals surface area contributed by atoms with Crippen LogP contribution in [0.25, 0.3) is 0 Å². The number of hydrogen-bond acceptors (Lipinski definition) is 4. The molecular formula is C12H19O4P. The lowest BCUT2D eigenvalue weighted by atomic mass is 10.2. The number of benzene rings is 1. The van der Waals surface area contributed by atoms with Gasteiger partial charge in [-0.2, -0.15) is 0 Å². The predicted octanol–water partition coefficient (Wildman–Crippen LogP) is 2.81. The van der Waals surface area contributed by atoms with E-state index in [1.165, 1.54) is 0 Å². The number of aliphatic hydroxyl groups is 1. The number of rotatable bonds is 7. The molecule has 0 radical (unpaired) electrons. The van der Waals surface area contributed by atoms with Gasteiger partial charge in [0.05, 0.1) is 13.2 Å². The molecule has 0 aliphatic heterocycles. The molecule has 0 heterocycles. The molecular weight excluding hydrogens is 239 g/mol. The lowest BCUT2D eigenvalue weighted by molar-refractivity contribution is 0.149. The van der Waals surface area contributed by atoms with Gasteiger partial charge in [0.15, 0.2) is 5.85 Å². The van der Waals surface area contributed by atoms with Crippen molar-refractivity contribution in [2.75, 3.05) is 13.2 Å². The molecule has 0 saturated carbocycles. The molecule has 1 N–H and O–H groups in total. The second-order valence-electron chi connectivity index (χ2n) is 3.55. The van der Waals surface area contributed by atoms with E-state index in [1.807, 2.05) is 30.3 Å². The van der Waals surface area contributed by atoms with E-state index in [0.717, 1.165) is 5.56 Å². The lowest BCUT2D eigenvalue weighted by Crippen LogP contribution is -2.15. The molecule has 0 aliphatic carbocycles. The highest BCUT2D eigenvalue weighted by Gasteiger charge is 2.33. The van der Waals surface area contributed by atoms with E-state index in [9.17, 15) is 9.67 Å². The Hall–Kier alpha value is -0.670. The summed E-state index contributed by atoms with van der Waals surface area (Å²) < 4.78 is 22.4. The third kappa shape index (κ3) is 4.25. The zero-order valence-corrected chi connectivity index (χ0v) is 11.1. The van der Waals surface area contributed by atoms with Crippen LogP contribution < -0.4 is 0 Å². The average molecular weight is 258 g/mol. The Morgan fingerprint density at radius 3 is 2.18 bits per heavy atom. The maximum absolute atomic E-state index is 12.2. The molecule has 17 heavy (non-hydrogen) atoms. The Bertz CT molecular complexity index is 356. The van der Waals surface area contributed by atoms with Crippen LogP contribution in [0.2, 0.25) is 0 Å². The molecule has 1 aromatic rings.